The van der Waals surface area contributed by atoms with Crippen molar-refractivity contribution in [2.45, 2.75) is 28.9 Å². The number of nitrogens with zero attached hydrogens (tertiary/aromatic N) is 3. The third kappa shape index (κ3) is 8.08. The largest absolute Gasteiger partial charge is 0.243 e. The highest BCUT2D eigenvalue weighted by atomic mass is 32.2. The van der Waals surface area contributed by atoms with E-state index in [9.17, 15) is 25.3 Å². The molecule has 1 aliphatic heterocycles. The van der Waals surface area contributed by atoms with Gasteiger partial charge in [0.05, 0.1) is 9.79 Å². The minimum atomic E-state index is -3.90. The van der Waals surface area contributed by atoms with Crippen LogP contribution in [0.4, 0.5) is 0 Å². The van der Waals surface area contributed by atoms with Crippen LogP contribution in [-0.2, 0) is 30.1 Å². The molecular formula is C31H37N3O6S3. The number of allylic oxidation sites excluding steroid dienone is 2. The first kappa shape index (κ1) is 32.8. The summed E-state index contributed by atoms with van der Waals surface area (Å²) >= 11 is 0. The van der Waals surface area contributed by atoms with Gasteiger partial charge in [0.2, 0.25) is 30.1 Å². The Labute approximate surface area is 256 Å². The number of sulfonamides is 3. The Morgan fingerprint density at radius 3 is 1.12 bits per heavy atom. The summed E-state index contributed by atoms with van der Waals surface area (Å²) in [4.78, 5) is 0.268. The quantitative estimate of drug-likeness (QED) is 0.443. The first-order chi connectivity index (χ1) is 20.4. The van der Waals surface area contributed by atoms with Gasteiger partial charge in [-0.3, -0.25) is 0 Å². The Hall–Kier alpha value is -3.13. The van der Waals surface area contributed by atoms with Crippen molar-refractivity contribution < 1.29 is 25.3 Å². The molecule has 1 aliphatic carbocycles. The van der Waals surface area contributed by atoms with E-state index >= 15 is 0 Å². The maximum absolute atomic E-state index is 13.5. The lowest BCUT2D eigenvalue weighted by atomic mass is 10.2. The molecule has 0 spiro atoms. The molecule has 0 fully saturated rings. The van der Waals surface area contributed by atoms with Gasteiger partial charge < -0.3 is 0 Å². The van der Waals surface area contributed by atoms with Crippen LogP contribution >= 0.6 is 0 Å². The van der Waals surface area contributed by atoms with Crippen LogP contribution in [0, 0.1) is 13.8 Å². The monoisotopic (exact) mass is 643 g/mol. The van der Waals surface area contributed by atoms with Gasteiger partial charge in [-0.2, -0.15) is 12.9 Å². The second kappa shape index (κ2) is 14.1. The Bertz CT molecular complexity index is 1630. The lowest BCUT2D eigenvalue weighted by Crippen LogP contribution is -2.37. The zero-order valence-corrected chi connectivity index (χ0v) is 26.7. The Morgan fingerprint density at radius 1 is 0.488 bits per heavy atom. The lowest BCUT2D eigenvalue weighted by molar-refractivity contribution is 0.464. The molecule has 0 amide bonds. The third-order valence-electron chi connectivity index (χ3n) is 7.09. The van der Waals surface area contributed by atoms with Gasteiger partial charge in [0, 0.05) is 39.3 Å². The van der Waals surface area contributed by atoms with Crippen LogP contribution in [0.3, 0.4) is 0 Å². The summed E-state index contributed by atoms with van der Waals surface area (Å²) in [5.41, 5.74) is 1.85. The molecule has 2 aliphatic rings. The van der Waals surface area contributed by atoms with Crippen LogP contribution in [0.1, 0.15) is 11.1 Å². The maximum Gasteiger partial charge on any atom is 0.243 e. The molecule has 2 aromatic rings. The van der Waals surface area contributed by atoms with E-state index < -0.39 is 35.3 Å². The van der Waals surface area contributed by atoms with E-state index in [1.807, 2.05) is 13.8 Å². The molecule has 0 saturated carbocycles. The van der Waals surface area contributed by atoms with Crippen molar-refractivity contribution >= 4 is 30.1 Å². The van der Waals surface area contributed by atoms with Crippen molar-refractivity contribution in [2.24, 2.45) is 0 Å². The van der Waals surface area contributed by atoms with Gasteiger partial charge in [-0.05, 0) is 38.1 Å². The van der Waals surface area contributed by atoms with E-state index in [2.05, 4.69) is 0 Å². The highest BCUT2D eigenvalue weighted by Gasteiger charge is 2.29. The first-order valence-corrected chi connectivity index (χ1v) is 18.2. The van der Waals surface area contributed by atoms with Crippen molar-refractivity contribution in [3.63, 3.8) is 0 Å². The van der Waals surface area contributed by atoms with E-state index in [-0.39, 0.29) is 49.1 Å². The van der Waals surface area contributed by atoms with Gasteiger partial charge in [0.1, 0.15) is 5.25 Å². The van der Waals surface area contributed by atoms with E-state index in [1.165, 1.54) is 12.9 Å². The molecule has 1 heterocycles. The van der Waals surface area contributed by atoms with Crippen molar-refractivity contribution in [3.8, 4) is 0 Å². The van der Waals surface area contributed by atoms with E-state index in [1.54, 1.807) is 109 Å². The fraction of sp³-hybridized carbons (Fsp3) is 0.290. The fourth-order valence-corrected chi connectivity index (χ4v) is 8.67. The number of hydrogen-bond acceptors (Lipinski definition) is 6. The Balaban J connectivity index is 1.68. The molecule has 0 unspecified atom stereocenters. The third-order valence-corrected chi connectivity index (χ3v) is 12.8. The predicted molar refractivity (Wildman–Crippen MR) is 170 cm³/mol. The van der Waals surface area contributed by atoms with Gasteiger partial charge >= 0.3 is 0 Å². The number of benzene rings is 2. The van der Waals surface area contributed by atoms with Gasteiger partial charge in [0.25, 0.3) is 0 Å². The summed E-state index contributed by atoms with van der Waals surface area (Å²) in [7, 11) is -11.6. The summed E-state index contributed by atoms with van der Waals surface area (Å²) in [6, 6.07) is 13.1. The minimum absolute atomic E-state index is 0.00110. The van der Waals surface area contributed by atoms with Crippen LogP contribution in [0.5, 0.6) is 0 Å². The SMILES string of the molecule is Cc1ccc(S(=O)(=O)N2C/C=C/CN(S(=O)(=O)c3ccc(C)cc3)C/C=C/CN(S(=O)(=O)C3C=CC=C3)C/C=C/C2)cc1. The molecular weight excluding hydrogens is 607 g/mol. The fourth-order valence-electron chi connectivity index (χ4n) is 4.48. The molecule has 0 atom stereocenters. The first-order valence-electron chi connectivity index (χ1n) is 13.8. The average molecular weight is 644 g/mol. The number of rotatable bonds is 6. The molecule has 230 valence electrons. The normalized spacial score (nSPS) is 21.3. The van der Waals surface area contributed by atoms with Gasteiger partial charge in [-0.1, -0.05) is 96.2 Å². The summed E-state index contributed by atoms with van der Waals surface area (Å²) in [5.74, 6) is 0. The predicted octanol–water partition coefficient (Wildman–Crippen LogP) is 3.79. The molecule has 9 nitrogen and oxygen atoms in total. The van der Waals surface area contributed by atoms with E-state index in [0.717, 1.165) is 11.1 Å². The molecule has 0 aromatic heterocycles. The maximum atomic E-state index is 13.5. The molecule has 2 aromatic carbocycles. The van der Waals surface area contributed by atoms with Crippen LogP contribution in [0.2, 0.25) is 0 Å². The molecule has 0 bridgehead atoms. The van der Waals surface area contributed by atoms with E-state index in [0.29, 0.717) is 0 Å². The summed E-state index contributed by atoms with van der Waals surface area (Å²) in [6.07, 6.45) is 16.4. The second-order valence-electron chi connectivity index (χ2n) is 10.3. The lowest BCUT2D eigenvalue weighted by Gasteiger charge is -2.22. The van der Waals surface area contributed by atoms with Crippen LogP contribution < -0.4 is 0 Å². The van der Waals surface area contributed by atoms with Gasteiger partial charge in [-0.15, -0.1) is 0 Å². The molecule has 0 radical (unpaired) electrons. The van der Waals surface area contributed by atoms with Gasteiger partial charge in [-0.25, -0.2) is 25.3 Å². The Kier molecular flexibility index (Phi) is 10.8. The molecule has 43 heavy (non-hydrogen) atoms. The minimum Gasteiger partial charge on any atom is -0.211 e. The van der Waals surface area contributed by atoms with Crippen LogP contribution in [0.15, 0.2) is 119 Å². The van der Waals surface area contributed by atoms with Gasteiger partial charge in [0.15, 0.2) is 0 Å². The average Bonchev–Trinajstić information content (AvgIpc) is 3.52. The molecule has 0 N–H and O–H groups in total. The number of hydrogen-bond donors (Lipinski definition) is 0. The van der Waals surface area contributed by atoms with Crippen molar-refractivity contribution in [1.82, 2.24) is 12.9 Å². The molecule has 12 heteroatoms. The van der Waals surface area contributed by atoms with Crippen molar-refractivity contribution in [1.29, 1.82) is 0 Å². The molecule has 4 rings (SSSR count). The second-order valence-corrected chi connectivity index (χ2v) is 16.2. The molecule has 0 saturated heterocycles. The summed E-state index contributed by atoms with van der Waals surface area (Å²) < 4.78 is 84.8. The highest BCUT2D eigenvalue weighted by Crippen LogP contribution is 2.20. The Morgan fingerprint density at radius 2 is 0.791 bits per heavy atom. The standard InChI is InChI=1S/C31H37N3O6S3/c1-27-13-17-30(18-14-27)42(37,38)33-23-7-5-21-32(41(35,36)29-11-3-4-12-29)22-6-8-24-34(26-10-9-25-33)43(39,40)31-19-15-28(2)16-20-31/h3-20,29H,21-26H2,1-2H3/b7-5+,8-6+,10-9+. The van der Waals surface area contributed by atoms with E-state index in [4.69, 9.17) is 0 Å². The van der Waals surface area contributed by atoms with Crippen molar-refractivity contribution in [3.05, 3.63) is 120 Å². The zero-order chi connectivity index (χ0) is 31.1. The number of aryl methyl sites for hydroxylation is 2. The zero-order valence-electron chi connectivity index (χ0n) is 24.2. The topological polar surface area (TPSA) is 112 Å². The van der Waals surface area contributed by atoms with Crippen LogP contribution in [0.25, 0.3) is 0 Å². The van der Waals surface area contributed by atoms with Crippen LogP contribution in [-0.4, -0.2) is 82.7 Å². The summed E-state index contributed by atoms with van der Waals surface area (Å²) in [5, 5.41) is -0.808. The van der Waals surface area contributed by atoms with Crippen molar-refractivity contribution in [2.75, 3.05) is 39.3 Å². The smallest absolute Gasteiger partial charge is 0.211 e. The summed E-state index contributed by atoms with van der Waals surface area (Å²) in [6.45, 7) is 3.76. The highest BCUT2D eigenvalue weighted by molar-refractivity contribution is 7.90.